The summed E-state index contributed by atoms with van der Waals surface area (Å²) < 4.78 is 0. The first-order valence-electron chi connectivity index (χ1n) is 4.26. The smallest absolute Gasteiger partial charge is 0.0317 e. The van der Waals surface area contributed by atoms with Crippen molar-refractivity contribution in [3.05, 3.63) is 42.0 Å². The number of hydrogen-bond donors (Lipinski definition) is 1. The number of nitrogen functional groups attached to an aromatic ring is 1. The average molecular weight is 161 g/mol. The molecule has 0 aromatic heterocycles. The number of rotatable bonds is 3. The lowest BCUT2D eigenvalue weighted by Crippen LogP contribution is -1.93. The van der Waals surface area contributed by atoms with Crippen molar-refractivity contribution in [3.8, 4) is 0 Å². The molecule has 1 heteroatoms. The Labute approximate surface area is 73.9 Å². The Bertz CT molecular complexity index is 276. The predicted molar refractivity (Wildman–Crippen MR) is 54.1 cm³/mol. The Morgan fingerprint density at radius 2 is 2.17 bits per heavy atom. The quantitative estimate of drug-likeness (QED) is 0.535. The maximum absolute atomic E-state index is 5.68. The fourth-order valence-corrected chi connectivity index (χ4v) is 1.34. The third kappa shape index (κ3) is 1.88. The molecule has 64 valence electrons. The van der Waals surface area contributed by atoms with Gasteiger partial charge in [0.05, 0.1) is 0 Å². The molecule has 0 aliphatic rings. The van der Waals surface area contributed by atoms with Crippen LogP contribution in [-0.4, -0.2) is 0 Å². The molecule has 2 N–H and O–H groups in total. The lowest BCUT2D eigenvalue weighted by molar-refractivity contribution is 1.08. The van der Waals surface area contributed by atoms with Gasteiger partial charge in [-0.15, -0.1) is 6.58 Å². The van der Waals surface area contributed by atoms with Crippen molar-refractivity contribution >= 4 is 5.69 Å². The molecular formula is C11H15N. The van der Waals surface area contributed by atoms with Crippen LogP contribution in [0.1, 0.15) is 18.1 Å². The second kappa shape index (κ2) is 3.96. The summed E-state index contributed by atoms with van der Waals surface area (Å²) in [4.78, 5) is 0. The summed E-state index contributed by atoms with van der Waals surface area (Å²) in [5.74, 6) is 0. The lowest BCUT2D eigenvalue weighted by Gasteiger charge is -2.05. The summed E-state index contributed by atoms with van der Waals surface area (Å²) in [5, 5.41) is 0. The van der Waals surface area contributed by atoms with E-state index in [1.54, 1.807) is 0 Å². The zero-order chi connectivity index (χ0) is 8.97. The second-order valence-electron chi connectivity index (χ2n) is 2.87. The Kier molecular flexibility index (Phi) is 2.92. The van der Waals surface area contributed by atoms with Gasteiger partial charge in [-0.05, 0) is 36.1 Å². The number of hydrogen-bond acceptors (Lipinski definition) is 1. The van der Waals surface area contributed by atoms with Crippen LogP contribution in [0.25, 0.3) is 0 Å². The van der Waals surface area contributed by atoms with E-state index in [9.17, 15) is 0 Å². The van der Waals surface area contributed by atoms with Crippen molar-refractivity contribution in [3.63, 3.8) is 0 Å². The summed E-state index contributed by atoms with van der Waals surface area (Å²) in [6.07, 6.45) is 3.88. The van der Waals surface area contributed by atoms with Crippen molar-refractivity contribution in [1.29, 1.82) is 0 Å². The first kappa shape index (κ1) is 8.85. The molecule has 0 heterocycles. The fourth-order valence-electron chi connectivity index (χ4n) is 1.34. The van der Waals surface area contributed by atoms with Gasteiger partial charge >= 0.3 is 0 Å². The molecule has 1 nitrogen and oxygen atoms in total. The molecule has 0 radical (unpaired) electrons. The Balaban J connectivity index is 3.03. The first-order chi connectivity index (χ1) is 5.77. The molecule has 0 amide bonds. The van der Waals surface area contributed by atoms with Gasteiger partial charge in [0.15, 0.2) is 0 Å². The lowest BCUT2D eigenvalue weighted by atomic mass is 10.0. The summed E-state index contributed by atoms with van der Waals surface area (Å²) in [6, 6.07) is 6.07. The highest BCUT2D eigenvalue weighted by Crippen LogP contribution is 2.14. The number of nitrogens with two attached hydrogens (primary N) is 1. The number of benzene rings is 1. The van der Waals surface area contributed by atoms with Gasteiger partial charge in [-0.25, -0.2) is 0 Å². The van der Waals surface area contributed by atoms with Crippen molar-refractivity contribution < 1.29 is 0 Å². The van der Waals surface area contributed by atoms with E-state index >= 15 is 0 Å². The average Bonchev–Trinajstić information content (AvgIpc) is 2.05. The largest absolute Gasteiger partial charge is 0.399 e. The van der Waals surface area contributed by atoms with Crippen molar-refractivity contribution in [1.82, 2.24) is 0 Å². The van der Waals surface area contributed by atoms with Crippen LogP contribution in [0.15, 0.2) is 30.9 Å². The van der Waals surface area contributed by atoms with Gasteiger partial charge in [-0.2, -0.15) is 0 Å². The highest BCUT2D eigenvalue weighted by molar-refractivity contribution is 5.45. The molecule has 1 aromatic rings. The Morgan fingerprint density at radius 3 is 2.75 bits per heavy atom. The number of allylic oxidation sites excluding steroid dienone is 1. The van der Waals surface area contributed by atoms with E-state index < -0.39 is 0 Å². The van der Waals surface area contributed by atoms with Gasteiger partial charge < -0.3 is 5.73 Å². The fraction of sp³-hybridized carbons (Fsp3) is 0.273. The molecule has 0 aliphatic carbocycles. The molecule has 12 heavy (non-hydrogen) atoms. The van der Waals surface area contributed by atoms with Crippen molar-refractivity contribution in [2.24, 2.45) is 0 Å². The van der Waals surface area contributed by atoms with Crippen LogP contribution in [0.2, 0.25) is 0 Å². The van der Waals surface area contributed by atoms with Crippen LogP contribution in [-0.2, 0) is 12.8 Å². The standard InChI is InChI=1S/C11H15N/c1-3-5-10-8-11(12)7-6-9(10)4-2/h3,6-8H,1,4-5,12H2,2H3. The Hall–Kier alpha value is -1.24. The van der Waals surface area contributed by atoms with Gasteiger partial charge in [-0.3, -0.25) is 0 Å². The monoisotopic (exact) mass is 161 g/mol. The van der Waals surface area contributed by atoms with E-state index in [2.05, 4.69) is 19.6 Å². The molecule has 0 bridgehead atoms. The summed E-state index contributed by atoms with van der Waals surface area (Å²) in [5.41, 5.74) is 9.18. The minimum Gasteiger partial charge on any atom is -0.399 e. The van der Waals surface area contributed by atoms with Gasteiger partial charge in [0.1, 0.15) is 0 Å². The molecule has 0 fully saturated rings. The SMILES string of the molecule is C=CCc1cc(N)ccc1CC. The maximum atomic E-state index is 5.68. The topological polar surface area (TPSA) is 26.0 Å². The number of anilines is 1. The van der Waals surface area contributed by atoms with Crippen molar-refractivity contribution in [2.75, 3.05) is 5.73 Å². The first-order valence-corrected chi connectivity index (χ1v) is 4.26. The Morgan fingerprint density at radius 1 is 1.42 bits per heavy atom. The van der Waals surface area contributed by atoms with Gasteiger partial charge in [0.2, 0.25) is 0 Å². The van der Waals surface area contributed by atoms with Gasteiger partial charge in [0, 0.05) is 5.69 Å². The molecule has 0 aliphatic heterocycles. The molecule has 1 aromatic carbocycles. The third-order valence-corrected chi connectivity index (χ3v) is 1.98. The van der Waals surface area contributed by atoms with Crippen molar-refractivity contribution in [2.45, 2.75) is 19.8 Å². The van der Waals surface area contributed by atoms with Gasteiger partial charge in [0.25, 0.3) is 0 Å². The van der Waals surface area contributed by atoms with Gasteiger partial charge in [-0.1, -0.05) is 19.1 Å². The van der Waals surface area contributed by atoms with E-state index in [0.29, 0.717) is 0 Å². The normalized spacial score (nSPS) is 9.75. The van der Waals surface area contributed by atoms with E-state index in [-0.39, 0.29) is 0 Å². The van der Waals surface area contributed by atoms with Crippen LogP contribution in [0, 0.1) is 0 Å². The predicted octanol–water partition coefficient (Wildman–Crippen LogP) is 2.56. The third-order valence-electron chi connectivity index (χ3n) is 1.98. The molecule has 0 saturated carbocycles. The molecule has 1 rings (SSSR count). The zero-order valence-corrected chi connectivity index (χ0v) is 7.51. The maximum Gasteiger partial charge on any atom is 0.0317 e. The van der Waals surface area contributed by atoms with E-state index in [1.165, 1.54) is 11.1 Å². The summed E-state index contributed by atoms with van der Waals surface area (Å²) >= 11 is 0. The molecule has 0 saturated heterocycles. The molecular weight excluding hydrogens is 146 g/mol. The van der Waals surface area contributed by atoms with Crippen LogP contribution in [0.4, 0.5) is 5.69 Å². The second-order valence-corrected chi connectivity index (χ2v) is 2.87. The van der Waals surface area contributed by atoms with E-state index in [4.69, 9.17) is 5.73 Å². The van der Waals surface area contributed by atoms with E-state index in [0.717, 1.165) is 18.5 Å². The minimum atomic E-state index is 0.837. The highest BCUT2D eigenvalue weighted by atomic mass is 14.5. The van der Waals surface area contributed by atoms with Crippen LogP contribution < -0.4 is 5.73 Å². The minimum absolute atomic E-state index is 0.837. The molecule has 0 spiro atoms. The highest BCUT2D eigenvalue weighted by Gasteiger charge is 1.98. The van der Waals surface area contributed by atoms with Crippen LogP contribution >= 0.6 is 0 Å². The summed E-state index contributed by atoms with van der Waals surface area (Å²) in [7, 11) is 0. The summed E-state index contributed by atoms with van der Waals surface area (Å²) in [6.45, 7) is 5.87. The molecule has 0 atom stereocenters. The number of aryl methyl sites for hydroxylation is 1. The zero-order valence-electron chi connectivity index (χ0n) is 7.51. The van der Waals surface area contributed by atoms with Crippen LogP contribution in [0.3, 0.4) is 0 Å². The molecule has 0 unspecified atom stereocenters. The van der Waals surface area contributed by atoms with E-state index in [1.807, 2.05) is 18.2 Å². The van der Waals surface area contributed by atoms with Crippen LogP contribution in [0.5, 0.6) is 0 Å².